The lowest BCUT2D eigenvalue weighted by atomic mass is 10.1. The van der Waals surface area contributed by atoms with E-state index in [4.69, 9.17) is 9.47 Å². The zero-order chi connectivity index (χ0) is 16.9. The Kier molecular flexibility index (Phi) is 4.77. The van der Waals surface area contributed by atoms with Crippen LogP contribution < -0.4 is 14.8 Å². The van der Waals surface area contributed by atoms with Gasteiger partial charge in [-0.15, -0.1) is 11.3 Å². The molecule has 5 nitrogen and oxygen atoms in total. The Bertz CT molecular complexity index is 846. The van der Waals surface area contributed by atoms with E-state index in [1.807, 2.05) is 53.9 Å². The van der Waals surface area contributed by atoms with Gasteiger partial charge in [-0.05, 0) is 30.3 Å². The number of methoxy groups -OCH3 is 2. The summed E-state index contributed by atoms with van der Waals surface area (Å²) >= 11 is 1.30. The first-order valence-corrected chi connectivity index (χ1v) is 8.13. The second kappa shape index (κ2) is 7.14. The molecule has 3 rings (SSSR count). The van der Waals surface area contributed by atoms with Crippen molar-refractivity contribution >= 4 is 22.9 Å². The number of thiazole rings is 1. The summed E-state index contributed by atoms with van der Waals surface area (Å²) in [5.41, 5.74) is 2.33. The fraction of sp³-hybridized carbons (Fsp3) is 0.111. The van der Waals surface area contributed by atoms with Crippen LogP contribution in [0.5, 0.6) is 11.5 Å². The van der Waals surface area contributed by atoms with Crippen molar-refractivity contribution < 1.29 is 14.3 Å². The maximum absolute atomic E-state index is 12.3. The average Bonchev–Trinajstić information content (AvgIpc) is 3.12. The van der Waals surface area contributed by atoms with Crippen LogP contribution in [0, 0.1) is 0 Å². The summed E-state index contributed by atoms with van der Waals surface area (Å²) in [7, 11) is 3.17. The lowest BCUT2D eigenvalue weighted by molar-refractivity contribution is 0.102. The summed E-state index contributed by atoms with van der Waals surface area (Å²) in [5, 5.41) is 5.08. The third-order valence-electron chi connectivity index (χ3n) is 3.41. The molecule has 0 saturated carbocycles. The van der Waals surface area contributed by atoms with E-state index in [-0.39, 0.29) is 5.91 Å². The number of benzene rings is 2. The third kappa shape index (κ3) is 3.38. The molecule has 0 atom stereocenters. The molecule has 0 aliphatic carbocycles. The highest BCUT2D eigenvalue weighted by Crippen LogP contribution is 2.32. The number of nitrogens with zero attached hydrogens (tertiary/aromatic N) is 1. The quantitative estimate of drug-likeness (QED) is 0.760. The molecule has 0 spiro atoms. The van der Waals surface area contributed by atoms with E-state index in [0.717, 1.165) is 16.9 Å². The zero-order valence-electron chi connectivity index (χ0n) is 13.3. The van der Waals surface area contributed by atoms with Crippen LogP contribution in [0.2, 0.25) is 0 Å². The highest BCUT2D eigenvalue weighted by Gasteiger charge is 2.14. The monoisotopic (exact) mass is 340 g/mol. The van der Waals surface area contributed by atoms with Crippen molar-refractivity contribution in [1.82, 2.24) is 4.98 Å². The Hall–Kier alpha value is -2.86. The maximum Gasteiger partial charge on any atom is 0.284 e. The minimum Gasteiger partial charge on any atom is -0.493 e. The first-order chi connectivity index (χ1) is 11.7. The number of ether oxygens (including phenoxy) is 2. The van der Waals surface area contributed by atoms with Crippen LogP contribution in [0.1, 0.15) is 9.80 Å². The van der Waals surface area contributed by atoms with Gasteiger partial charge in [-0.1, -0.05) is 18.2 Å². The van der Waals surface area contributed by atoms with Gasteiger partial charge >= 0.3 is 0 Å². The Morgan fingerprint density at radius 3 is 2.50 bits per heavy atom. The lowest BCUT2D eigenvalue weighted by Gasteiger charge is -2.08. The van der Waals surface area contributed by atoms with Gasteiger partial charge in [0.1, 0.15) is 0 Å². The SMILES string of the molecule is COc1ccc(-c2csc(C(=O)Nc3ccccc3)n2)cc1OC. The number of rotatable bonds is 5. The molecule has 0 radical (unpaired) electrons. The van der Waals surface area contributed by atoms with Crippen LogP contribution in [-0.2, 0) is 0 Å². The molecule has 6 heteroatoms. The second-order valence-electron chi connectivity index (χ2n) is 4.93. The van der Waals surface area contributed by atoms with Crippen molar-refractivity contribution in [2.75, 3.05) is 19.5 Å². The maximum atomic E-state index is 12.3. The van der Waals surface area contributed by atoms with E-state index < -0.39 is 0 Å². The minimum atomic E-state index is -0.224. The number of carbonyl (C=O) groups is 1. The first-order valence-electron chi connectivity index (χ1n) is 7.25. The average molecular weight is 340 g/mol. The van der Waals surface area contributed by atoms with E-state index >= 15 is 0 Å². The number of carbonyl (C=O) groups excluding carboxylic acids is 1. The summed E-state index contributed by atoms with van der Waals surface area (Å²) in [5.74, 6) is 1.05. The molecule has 3 aromatic rings. The normalized spacial score (nSPS) is 10.2. The molecule has 0 aliphatic rings. The number of aromatic nitrogens is 1. The molecular formula is C18H16N2O3S. The molecule has 1 heterocycles. The molecule has 1 N–H and O–H groups in total. The lowest BCUT2D eigenvalue weighted by Crippen LogP contribution is -2.11. The fourth-order valence-electron chi connectivity index (χ4n) is 2.21. The number of amides is 1. The van der Waals surface area contributed by atoms with Crippen LogP contribution in [0.4, 0.5) is 5.69 Å². The van der Waals surface area contributed by atoms with Gasteiger partial charge in [0, 0.05) is 16.6 Å². The highest BCUT2D eigenvalue weighted by atomic mass is 32.1. The smallest absolute Gasteiger partial charge is 0.284 e. The number of hydrogen-bond acceptors (Lipinski definition) is 5. The van der Waals surface area contributed by atoms with Gasteiger partial charge in [-0.2, -0.15) is 0 Å². The molecule has 0 bridgehead atoms. The largest absolute Gasteiger partial charge is 0.493 e. The highest BCUT2D eigenvalue weighted by molar-refractivity contribution is 7.12. The Balaban J connectivity index is 1.81. The third-order valence-corrected chi connectivity index (χ3v) is 4.25. The van der Waals surface area contributed by atoms with Gasteiger partial charge in [-0.25, -0.2) is 4.98 Å². The number of nitrogens with one attached hydrogen (secondary N) is 1. The summed E-state index contributed by atoms with van der Waals surface area (Å²) in [4.78, 5) is 16.7. The first kappa shape index (κ1) is 16.0. The van der Waals surface area contributed by atoms with Crippen molar-refractivity contribution in [3.05, 3.63) is 58.9 Å². The molecule has 122 valence electrons. The molecular weight excluding hydrogens is 324 g/mol. The van der Waals surface area contributed by atoms with E-state index in [2.05, 4.69) is 10.3 Å². The van der Waals surface area contributed by atoms with Crippen molar-refractivity contribution in [2.24, 2.45) is 0 Å². The molecule has 1 aromatic heterocycles. The molecule has 1 amide bonds. The summed E-state index contributed by atoms with van der Waals surface area (Å²) in [6, 6.07) is 14.8. The molecule has 24 heavy (non-hydrogen) atoms. The number of anilines is 1. The molecule has 2 aromatic carbocycles. The second-order valence-corrected chi connectivity index (χ2v) is 5.79. The summed E-state index contributed by atoms with van der Waals surface area (Å²) in [6.45, 7) is 0. The summed E-state index contributed by atoms with van der Waals surface area (Å²) < 4.78 is 10.5. The summed E-state index contributed by atoms with van der Waals surface area (Å²) in [6.07, 6.45) is 0. The number of para-hydroxylation sites is 1. The van der Waals surface area contributed by atoms with Crippen molar-refractivity contribution in [2.45, 2.75) is 0 Å². The van der Waals surface area contributed by atoms with E-state index in [1.165, 1.54) is 11.3 Å². The van der Waals surface area contributed by atoms with E-state index in [9.17, 15) is 4.79 Å². The predicted octanol–water partition coefficient (Wildman–Crippen LogP) is 4.08. The Morgan fingerprint density at radius 2 is 1.79 bits per heavy atom. The Morgan fingerprint density at radius 1 is 1.04 bits per heavy atom. The molecule has 0 fully saturated rings. The molecule has 0 aliphatic heterocycles. The van der Waals surface area contributed by atoms with Crippen molar-refractivity contribution in [1.29, 1.82) is 0 Å². The predicted molar refractivity (Wildman–Crippen MR) is 95.0 cm³/mol. The standard InChI is InChI=1S/C18H16N2O3S/c1-22-15-9-8-12(10-16(15)23-2)14-11-24-18(20-14)17(21)19-13-6-4-3-5-7-13/h3-11H,1-2H3,(H,19,21). The molecule has 0 unspecified atom stereocenters. The van der Waals surface area contributed by atoms with E-state index in [1.54, 1.807) is 14.2 Å². The van der Waals surface area contributed by atoms with Crippen molar-refractivity contribution in [3.63, 3.8) is 0 Å². The Labute approximate surface area is 143 Å². The van der Waals surface area contributed by atoms with Crippen LogP contribution >= 0.6 is 11.3 Å². The van der Waals surface area contributed by atoms with E-state index in [0.29, 0.717) is 16.5 Å². The molecule has 0 saturated heterocycles. The van der Waals surface area contributed by atoms with Gasteiger partial charge in [0.25, 0.3) is 5.91 Å². The van der Waals surface area contributed by atoms with Gasteiger partial charge in [0.15, 0.2) is 16.5 Å². The minimum absolute atomic E-state index is 0.224. The number of hydrogen-bond donors (Lipinski definition) is 1. The zero-order valence-corrected chi connectivity index (χ0v) is 14.1. The van der Waals surface area contributed by atoms with Crippen LogP contribution in [0.15, 0.2) is 53.9 Å². The topological polar surface area (TPSA) is 60.5 Å². The van der Waals surface area contributed by atoms with Crippen LogP contribution in [0.25, 0.3) is 11.3 Å². The van der Waals surface area contributed by atoms with Gasteiger partial charge in [-0.3, -0.25) is 4.79 Å². The van der Waals surface area contributed by atoms with Gasteiger partial charge in [0.05, 0.1) is 19.9 Å². The van der Waals surface area contributed by atoms with Gasteiger partial charge < -0.3 is 14.8 Å². The fourth-order valence-corrected chi connectivity index (χ4v) is 2.93. The van der Waals surface area contributed by atoms with Crippen LogP contribution in [-0.4, -0.2) is 25.1 Å². The van der Waals surface area contributed by atoms with Crippen LogP contribution in [0.3, 0.4) is 0 Å². The van der Waals surface area contributed by atoms with Crippen molar-refractivity contribution in [3.8, 4) is 22.8 Å². The van der Waals surface area contributed by atoms with Gasteiger partial charge in [0.2, 0.25) is 0 Å².